The zero-order chi connectivity index (χ0) is 22.0. The third-order valence-corrected chi connectivity index (χ3v) is 2.72. The van der Waals surface area contributed by atoms with Gasteiger partial charge in [-0.3, -0.25) is 19.4 Å². The molecule has 3 atom stereocenters. The van der Waals surface area contributed by atoms with Gasteiger partial charge >= 0.3 is 17.9 Å². The molecule has 0 aliphatic heterocycles. The molecule has 0 amide bonds. The fourth-order valence-corrected chi connectivity index (χ4v) is 1.16. The number of carboxylic acids is 3. The normalized spacial score (nSPS) is 12.8. The van der Waals surface area contributed by atoms with E-state index >= 15 is 0 Å². The molecule has 0 aliphatic carbocycles. The van der Waals surface area contributed by atoms with Crippen LogP contribution in [-0.2, 0) is 14.4 Å². The Labute approximate surface area is 157 Å². The van der Waals surface area contributed by atoms with Crippen LogP contribution in [0.3, 0.4) is 0 Å². The quantitative estimate of drug-likeness (QED) is 0.102. The maximum Gasteiger partial charge on any atom is 0.322 e. The van der Waals surface area contributed by atoms with Gasteiger partial charge in [0.05, 0.1) is 6.61 Å². The minimum Gasteiger partial charge on any atom is -0.480 e. The van der Waals surface area contributed by atoms with Crippen LogP contribution in [0.25, 0.3) is 0 Å². The van der Waals surface area contributed by atoms with Gasteiger partial charge in [-0.15, -0.1) is 0 Å². The molecule has 0 rings (SSSR count). The van der Waals surface area contributed by atoms with E-state index in [2.05, 4.69) is 4.99 Å². The van der Waals surface area contributed by atoms with Gasteiger partial charge in [-0.05, 0) is 19.3 Å². The minimum absolute atomic E-state index is 0.0129. The van der Waals surface area contributed by atoms with Gasteiger partial charge in [-0.25, -0.2) is 0 Å². The van der Waals surface area contributed by atoms with Crippen LogP contribution in [0.2, 0.25) is 0 Å². The van der Waals surface area contributed by atoms with Gasteiger partial charge in [-0.2, -0.15) is 0 Å². The predicted octanol–water partition coefficient (Wildman–Crippen LogP) is -2.96. The van der Waals surface area contributed by atoms with Crippen LogP contribution < -0.4 is 28.7 Å². The summed E-state index contributed by atoms with van der Waals surface area (Å²) in [5, 5.41) is 32.5. The average molecular weight is 396 g/mol. The highest BCUT2D eigenvalue weighted by atomic mass is 16.4. The number of hydrogen-bond donors (Lipinski definition) is 9. The summed E-state index contributed by atoms with van der Waals surface area (Å²) in [6.45, 7) is 1.82. The van der Waals surface area contributed by atoms with E-state index in [0.29, 0.717) is 25.8 Å². The van der Waals surface area contributed by atoms with Crippen molar-refractivity contribution in [3.8, 4) is 0 Å². The van der Waals surface area contributed by atoms with Crippen molar-refractivity contribution >= 4 is 23.9 Å². The molecule has 0 spiro atoms. The van der Waals surface area contributed by atoms with E-state index in [4.69, 9.17) is 49.1 Å². The lowest BCUT2D eigenvalue weighted by Crippen LogP contribution is -2.33. The first-order valence-electron chi connectivity index (χ1n) is 8.01. The molecule has 0 aromatic heterocycles. The van der Waals surface area contributed by atoms with Gasteiger partial charge in [0.25, 0.3) is 0 Å². The Bertz CT molecular complexity index is 457. The van der Waals surface area contributed by atoms with Crippen LogP contribution in [0.1, 0.15) is 32.6 Å². The highest BCUT2D eigenvalue weighted by Gasteiger charge is 2.09. The van der Waals surface area contributed by atoms with Crippen molar-refractivity contribution in [1.29, 1.82) is 0 Å². The summed E-state index contributed by atoms with van der Waals surface area (Å²) >= 11 is 0. The first-order chi connectivity index (χ1) is 12.4. The SMILES string of the molecule is CCC[C@H](N)C(=O)O.NC(N)=NCCC[C@H](N)C(=O)O.N[C@@H](CO)C(=O)O. The van der Waals surface area contributed by atoms with Crippen LogP contribution in [0.4, 0.5) is 0 Å². The molecule has 0 aromatic carbocycles. The number of aliphatic carboxylic acids is 3. The second-order valence-corrected chi connectivity index (χ2v) is 5.25. The number of carbonyl (C=O) groups is 3. The molecule has 0 saturated carbocycles. The van der Waals surface area contributed by atoms with E-state index in [0.717, 1.165) is 6.42 Å². The molecule has 0 radical (unpaired) electrons. The number of hydrogen-bond acceptors (Lipinski definition) is 8. The van der Waals surface area contributed by atoms with Crippen molar-refractivity contribution in [1.82, 2.24) is 0 Å². The molecule has 0 saturated heterocycles. The number of rotatable bonds is 10. The third kappa shape index (κ3) is 23.5. The molecule has 0 unspecified atom stereocenters. The standard InChI is InChI=1S/C6H14N4O2.C5H11NO2.C3H7NO3/c7-4(5(11)12)2-1-3-10-6(8)9;1-2-3-4(6)5(7)8;4-2(1-5)3(6)7/h4H,1-3,7H2,(H,11,12)(H4,8,9,10);4H,2-3,6H2,1H3,(H,7,8);2,5H,1,4H2,(H,6,7)/t2*4-;2-/m000/s1. The molecule has 14 N–H and O–H groups in total. The van der Waals surface area contributed by atoms with Gasteiger partial charge in [0.15, 0.2) is 5.96 Å². The lowest BCUT2D eigenvalue weighted by Gasteiger charge is -2.03. The molecule has 0 bridgehead atoms. The Balaban J connectivity index is -0.000000336. The Hall–Kier alpha value is -2.48. The number of nitrogens with zero attached hydrogens (tertiary/aromatic N) is 1. The molecule has 0 aromatic rings. The lowest BCUT2D eigenvalue weighted by molar-refractivity contribution is -0.140. The first-order valence-corrected chi connectivity index (χ1v) is 8.01. The van der Waals surface area contributed by atoms with E-state index in [-0.39, 0.29) is 5.96 Å². The fraction of sp³-hybridized carbons (Fsp3) is 0.714. The number of aliphatic imine (C=N–C) groups is 1. The maximum atomic E-state index is 10.2. The smallest absolute Gasteiger partial charge is 0.322 e. The summed E-state index contributed by atoms with van der Waals surface area (Å²) in [5.74, 6) is -3.08. The molecule has 0 heterocycles. The third-order valence-electron chi connectivity index (χ3n) is 2.72. The average Bonchev–Trinajstić information content (AvgIpc) is 2.58. The summed E-state index contributed by atoms with van der Waals surface area (Å²) in [6.07, 6.45) is 2.35. The van der Waals surface area contributed by atoms with Crippen LogP contribution >= 0.6 is 0 Å². The molecule has 13 nitrogen and oxygen atoms in total. The van der Waals surface area contributed by atoms with Crippen molar-refractivity contribution in [3.05, 3.63) is 0 Å². The Morgan fingerprint density at radius 1 is 0.852 bits per heavy atom. The fourth-order valence-electron chi connectivity index (χ4n) is 1.16. The van der Waals surface area contributed by atoms with Crippen LogP contribution in [0.15, 0.2) is 4.99 Å². The highest BCUT2D eigenvalue weighted by Crippen LogP contribution is 1.94. The van der Waals surface area contributed by atoms with Gasteiger partial charge < -0.3 is 49.1 Å². The second kappa shape index (κ2) is 18.3. The Kier molecular flexibility index (Phi) is 19.9. The van der Waals surface area contributed by atoms with E-state index in [1.54, 1.807) is 0 Å². The van der Waals surface area contributed by atoms with E-state index in [9.17, 15) is 14.4 Å². The van der Waals surface area contributed by atoms with Crippen molar-refractivity contribution in [2.45, 2.75) is 50.7 Å². The molecular formula is C14H32N6O7. The molecule has 27 heavy (non-hydrogen) atoms. The van der Waals surface area contributed by atoms with Crippen LogP contribution in [0.5, 0.6) is 0 Å². The first kappa shape index (κ1) is 29.3. The monoisotopic (exact) mass is 396 g/mol. The van der Waals surface area contributed by atoms with E-state index in [1.807, 2.05) is 6.92 Å². The Morgan fingerprint density at radius 2 is 1.26 bits per heavy atom. The summed E-state index contributed by atoms with van der Waals surface area (Å²) in [4.78, 5) is 33.5. The zero-order valence-corrected chi connectivity index (χ0v) is 15.3. The van der Waals surface area contributed by atoms with Crippen molar-refractivity contribution in [2.75, 3.05) is 13.2 Å². The summed E-state index contributed by atoms with van der Waals surface area (Å²) in [7, 11) is 0. The summed E-state index contributed by atoms with van der Waals surface area (Å²) < 4.78 is 0. The number of carboxylic acid groups (broad SMARTS) is 3. The maximum absolute atomic E-state index is 10.2. The highest BCUT2D eigenvalue weighted by molar-refractivity contribution is 5.75. The van der Waals surface area contributed by atoms with Crippen LogP contribution in [-0.4, -0.2) is 75.6 Å². The summed E-state index contributed by atoms with van der Waals surface area (Å²) in [6, 6.07) is -2.61. The minimum atomic E-state index is -1.18. The van der Waals surface area contributed by atoms with Gasteiger partial charge in [0.1, 0.15) is 18.1 Å². The summed E-state index contributed by atoms with van der Waals surface area (Å²) in [5.41, 5.74) is 25.2. The molecular weight excluding hydrogens is 364 g/mol. The van der Waals surface area contributed by atoms with Crippen molar-refractivity contribution < 1.29 is 34.8 Å². The molecule has 160 valence electrons. The molecule has 0 fully saturated rings. The number of guanidine groups is 1. The van der Waals surface area contributed by atoms with Gasteiger partial charge in [-0.1, -0.05) is 13.3 Å². The van der Waals surface area contributed by atoms with Crippen molar-refractivity contribution in [2.24, 2.45) is 33.7 Å². The van der Waals surface area contributed by atoms with Gasteiger partial charge in [0.2, 0.25) is 0 Å². The van der Waals surface area contributed by atoms with Crippen LogP contribution in [0, 0.1) is 0 Å². The Morgan fingerprint density at radius 3 is 1.48 bits per heavy atom. The number of aliphatic hydroxyl groups is 1. The lowest BCUT2D eigenvalue weighted by atomic mass is 10.2. The van der Waals surface area contributed by atoms with Crippen molar-refractivity contribution in [3.63, 3.8) is 0 Å². The van der Waals surface area contributed by atoms with E-state index in [1.165, 1.54) is 0 Å². The number of nitrogens with two attached hydrogens (primary N) is 5. The van der Waals surface area contributed by atoms with E-state index < -0.39 is 42.6 Å². The molecule has 13 heteroatoms. The zero-order valence-electron chi connectivity index (χ0n) is 15.3. The molecule has 0 aliphatic rings. The topological polar surface area (TPSA) is 275 Å². The largest absolute Gasteiger partial charge is 0.480 e. The predicted molar refractivity (Wildman–Crippen MR) is 98.7 cm³/mol. The van der Waals surface area contributed by atoms with Gasteiger partial charge in [0, 0.05) is 6.54 Å². The second-order valence-electron chi connectivity index (χ2n) is 5.25. The number of aliphatic hydroxyl groups excluding tert-OH is 1.